The number of nitro groups is 1. The topological polar surface area (TPSA) is 99.1 Å². The maximum Gasteiger partial charge on any atom is 0.269 e. The molecule has 8 nitrogen and oxygen atoms in total. The van der Waals surface area contributed by atoms with Crippen molar-refractivity contribution in [3.63, 3.8) is 0 Å². The summed E-state index contributed by atoms with van der Waals surface area (Å²) in [7, 11) is 0. The number of thiophene rings is 1. The molecule has 9 heteroatoms. The molecule has 3 heterocycles. The van der Waals surface area contributed by atoms with Gasteiger partial charge >= 0.3 is 0 Å². The van der Waals surface area contributed by atoms with Crippen LogP contribution in [0.4, 0.5) is 5.69 Å². The number of benzene rings is 1. The van der Waals surface area contributed by atoms with Crippen molar-refractivity contribution < 1.29 is 4.92 Å². The van der Waals surface area contributed by atoms with E-state index in [1.807, 2.05) is 17.5 Å². The number of hydrogen-bond donors (Lipinski definition) is 0. The maximum absolute atomic E-state index is 10.7. The van der Waals surface area contributed by atoms with E-state index in [0.29, 0.717) is 12.4 Å². The van der Waals surface area contributed by atoms with Crippen molar-refractivity contribution in [1.29, 1.82) is 0 Å². The Hall–Kier alpha value is -2.94. The van der Waals surface area contributed by atoms with Gasteiger partial charge in [-0.2, -0.15) is 0 Å². The van der Waals surface area contributed by atoms with Crippen LogP contribution in [0.15, 0.2) is 46.8 Å². The van der Waals surface area contributed by atoms with Crippen LogP contribution in [0.25, 0.3) is 0 Å². The third-order valence-electron chi connectivity index (χ3n) is 3.52. The largest absolute Gasteiger partial charge is 0.269 e. The molecule has 4 rings (SSSR count). The minimum absolute atomic E-state index is 0.0659. The number of rotatable bonds is 5. The molecular weight excluding hydrogens is 316 g/mol. The fourth-order valence-electron chi connectivity index (χ4n) is 2.32. The van der Waals surface area contributed by atoms with Gasteiger partial charge in [-0.1, -0.05) is 18.2 Å². The molecule has 1 aliphatic heterocycles. The van der Waals surface area contributed by atoms with Gasteiger partial charge in [-0.25, -0.2) is 4.68 Å². The SMILES string of the molecule is O=[N+]([O-])c1ccc(Cn2nnnc2C2N=C2c2cccs2)cc1. The van der Waals surface area contributed by atoms with Crippen LogP contribution in [0.1, 0.15) is 22.3 Å². The highest BCUT2D eigenvalue weighted by molar-refractivity contribution is 7.12. The summed E-state index contributed by atoms with van der Waals surface area (Å²) >= 11 is 1.64. The molecule has 2 aromatic heterocycles. The lowest BCUT2D eigenvalue weighted by Gasteiger charge is -2.03. The van der Waals surface area contributed by atoms with E-state index in [2.05, 4.69) is 20.5 Å². The molecule has 3 aromatic rings. The zero-order valence-electron chi connectivity index (χ0n) is 11.7. The Morgan fingerprint density at radius 2 is 2.09 bits per heavy atom. The summed E-state index contributed by atoms with van der Waals surface area (Å²) in [5.41, 5.74) is 1.96. The van der Waals surface area contributed by atoms with E-state index in [0.717, 1.165) is 16.2 Å². The standard InChI is InChI=1S/C14H10N6O2S/c21-20(22)10-5-3-9(4-6-10)8-19-14(16-17-18-19)13-12(15-13)11-2-1-7-23-11/h1-7,13H,8H2. The van der Waals surface area contributed by atoms with Crippen molar-refractivity contribution in [2.24, 2.45) is 4.99 Å². The lowest BCUT2D eigenvalue weighted by atomic mass is 10.2. The summed E-state index contributed by atoms with van der Waals surface area (Å²) in [4.78, 5) is 15.8. The van der Waals surface area contributed by atoms with Crippen LogP contribution in [0.2, 0.25) is 0 Å². The van der Waals surface area contributed by atoms with Gasteiger partial charge in [-0.15, -0.1) is 16.4 Å². The van der Waals surface area contributed by atoms with E-state index in [1.165, 1.54) is 12.1 Å². The highest BCUT2D eigenvalue weighted by Gasteiger charge is 2.36. The average molecular weight is 326 g/mol. The number of nitrogens with zero attached hydrogens (tertiary/aromatic N) is 6. The van der Waals surface area contributed by atoms with Gasteiger partial charge in [0.15, 0.2) is 11.9 Å². The molecule has 0 fully saturated rings. The number of nitro benzene ring substituents is 1. The van der Waals surface area contributed by atoms with E-state index in [4.69, 9.17) is 0 Å². The normalized spacial score (nSPS) is 16.2. The zero-order chi connectivity index (χ0) is 15.8. The molecule has 1 aliphatic rings. The molecule has 0 radical (unpaired) electrons. The molecule has 0 spiro atoms. The van der Waals surface area contributed by atoms with Gasteiger partial charge in [-0.3, -0.25) is 15.1 Å². The molecule has 114 valence electrons. The quantitative estimate of drug-likeness (QED) is 0.529. The first-order valence-electron chi connectivity index (χ1n) is 6.83. The first-order valence-corrected chi connectivity index (χ1v) is 7.71. The number of non-ortho nitro benzene ring substituents is 1. The van der Waals surface area contributed by atoms with Crippen LogP contribution < -0.4 is 0 Å². The number of tetrazole rings is 1. The fourth-order valence-corrected chi connectivity index (χ4v) is 3.07. The van der Waals surface area contributed by atoms with E-state index >= 15 is 0 Å². The molecule has 1 aromatic carbocycles. The number of aromatic nitrogens is 4. The molecular formula is C14H10N6O2S. The highest BCUT2D eigenvalue weighted by atomic mass is 32.1. The summed E-state index contributed by atoms with van der Waals surface area (Å²) in [5.74, 6) is 0.687. The Morgan fingerprint density at radius 1 is 1.26 bits per heavy atom. The van der Waals surface area contributed by atoms with Gasteiger partial charge in [0.05, 0.1) is 22.1 Å². The maximum atomic E-state index is 10.7. The Morgan fingerprint density at radius 3 is 2.78 bits per heavy atom. The smallest absolute Gasteiger partial charge is 0.267 e. The summed E-state index contributed by atoms with van der Waals surface area (Å²) < 4.78 is 1.68. The number of hydrogen-bond acceptors (Lipinski definition) is 7. The van der Waals surface area contributed by atoms with Crippen molar-refractivity contribution in [3.05, 3.63) is 68.2 Å². The van der Waals surface area contributed by atoms with Crippen molar-refractivity contribution in [1.82, 2.24) is 20.2 Å². The molecule has 0 bridgehead atoms. The third-order valence-corrected chi connectivity index (χ3v) is 4.41. The molecule has 0 amide bonds. The summed E-state index contributed by atoms with van der Waals surface area (Å²) in [6, 6.07) is 10.3. The highest BCUT2D eigenvalue weighted by Crippen LogP contribution is 2.35. The predicted molar refractivity (Wildman–Crippen MR) is 83.6 cm³/mol. The van der Waals surface area contributed by atoms with Crippen LogP contribution in [-0.4, -0.2) is 30.8 Å². The lowest BCUT2D eigenvalue weighted by Crippen LogP contribution is -2.08. The van der Waals surface area contributed by atoms with E-state index in [1.54, 1.807) is 28.2 Å². The Balaban J connectivity index is 1.51. The lowest BCUT2D eigenvalue weighted by molar-refractivity contribution is -0.384. The van der Waals surface area contributed by atoms with Crippen LogP contribution in [0.5, 0.6) is 0 Å². The van der Waals surface area contributed by atoms with Gasteiger partial charge in [0, 0.05) is 12.1 Å². The summed E-state index contributed by atoms with van der Waals surface area (Å²) in [6.07, 6.45) is 0. The summed E-state index contributed by atoms with van der Waals surface area (Å²) in [5, 5.41) is 24.5. The second-order valence-electron chi connectivity index (χ2n) is 5.01. The zero-order valence-corrected chi connectivity index (χ0v) is 12.6. The Labute approximate surface area is 134 Å². The van der Waals surface area contributed by atoms with Gasteiger partial charge in [0.25, 0.3) is 5.69 Å². The van der Waals surface area contributed by atoms with Gasteiger partial charge < -0.3 is 0 Å². The molecule has 0 saturated carbocycles. The van der Waals surface area contributed by atoms with Gasteiger partial charge in [0.2, 0.25) is 0 Å². The van der Waals surface area contributed by atoms with Crippen molar-refractivity contribution >= 4 is 22.7 Å². The fraction of sp³-hybridized carbons (Fsp3) is 0.143. The molecule has 23 heavy (non-hydrogen) atoms. The molecule has 0 N–H and O–H groups in total. The minimum atomic E-state index is -0.419. The third kappa shape index (κ3) is 2.61. The van der Waals surface area contributed by atoms with Crippen LogP contribution in [0, 0.1) is 10.1 Å². The number of aliphatic imine (C=N–C) groups is 1. The molecule has 1 unspecified atom stereocenters. The summed E-state index contributed by atoms with van der Waals surface area (Å²) in [6.45, 7) is 0.448. The van der Waals surface area contributed by atoms with E-state index in [-0.39, 0.29) is 11.7 Å². The monoisotopic (exact) mass is 326 g/mol. The predicted octanol–water partition coefficient (Wildman–Crippen LogP) is 2.24. The Bertz CT molecular complexity index is 884. The van der Waals surface area contributed by atoms with Gasteiger partial charge in [-0.05, 0) is 27.4 Å². The van der Waals surface area contributed by atoms with E-state index in [9.17, 15) is 10.1 Å². The molecule has 1 atom stereocenters. The minimum Gasteiger partial charge on any atom is -0.267 e. The van der Waals surface area contributed by atoms with Crippen molar-refractivity contribution in [3.8, 4) is 0 Å². The molecule has 0 aliphatic carbocycles. The second-order valence-corrected chi connectivity index (χ2v) is 5.96. The van der Waals surface area contributed by atoms with Crippen molar-refractivity contribution in [2.45, 2.75) is 12.6 Å². The van der Waals surface area contributed by atoms with Gasteiger partial charge in [0.1, 0.15) is 0 Å². The van der Waals surface area contributed by atoms with E-state index < -0.39 is 4.92 Å². The Kier molecular flexibility index (Phi) is 3.19. The average Bonchev–Trinajstić information content (AvgIpc) is 2.98. The first-order chi connectivity index (χ1) is 11.2. The van der Waals surface area contributed by atoms with Crippen LogP contribution in [0.3, 0.4) is 0 Å². The molecule has 0 saturated heterocycles. The van der Waals surface area contributed by atoms with Crippen LogP contribution in [-0.2, 0) is 6.54 Å². The van der Waals surface area contributed by atoms with Crippen LogP contribution >= 0.6 is 11.3 Å². The first kappa shape index (κ1) is 13.7. The second kappa shape index (κ2) is 5.36. The van der Waals surface area contributed by atoms with Crippen molar-refractivity contribution in [2.75, 3.05) is 0 Å².